The minimum absolute atomic E-state index is 0.0207. The average molecular weight is 352 g/mol. The molecule has 26 heavy (non-hydrogen) atoms. The van der Waals surface area contributed by atoms with Gasteiger partial charge in [0, 0.05) is 0 Å². The molecular formula is C16H12N6O4. The Kier molecular flexibility index (Phi) is 2.84. The Morgan fingerprint density at radius 1 is 1.27 bits per heavy atom. The van der Waals surface area contributed by atoms with Crippen LogP contribution in [-0.2, 0) is 0 Å². The molecule has 130 valence electrons. The Labute approximate surface area is 146 Å². The van der Waals surface area contributed by atoms with Gasteiger partial charge in [0.15, 0.2) is 23.6 Å². The van der Waals surface area contributed by atoms with Gasteiger partial charge in [-0.1, -0.05) is 12.1 Å². The third-order valence-corrected chi connectivity index (χ3v) is 4.34. The molecule has 10 nitrogen and oxygen atoms in total. The van der Waals surface area contributed by atoms with E-state index in [1.54, 1.807) is 10.6 Å². The lowest BCUT2D eigenvalue weighted by molar-refractivity contribution is -0.385. The highest BCUT2D eigenvalue weighted by Crippen LogP contribution is 2.43. The molecule has 1 aromatic heterocycles. The molecule has 2 aliphatic rings. The average Bonchev–Trinajstić information content (AvgIpc) is 3.23. The first kappa shape index (κ1) is 14.5. The molecule has 3 aromatic rings. The highest BCUT2D eigenvalue weighted by molar-refractivity contribution is 5.94. The van der Waals surface area contributed by atoms with Crippen LogP contribution in [0.15, 0.2) is 41.4 Å². The fourth-order valence-corrected chi connectivity index (χ4v) is 3.24. The Morgan fingerprint density at radius 3 is 2.85 bits per heavy atom. The number of aromatic nitrogens is 2. The Balaban J connectivity index is 1.79. The van der Waals surface area contributed by atoms with Crippen LogP contribution in [0.1, 0.15) is 11.7 Å². The van der Waals surface area contributed by atoms with Gasteiger partial charge in [0.1, 0.15) is 0 Å². The van der Waals surface area contributed by atoms with E-state index in [-0.39, 0.29) is 18.4 Å². The first-order valence-corrected chi connectivity index (χ1v) is 7.77. The van der Waals surface area contributed by atoms with Crippen molar-refractivity contribution in [2.24, 2.45) is 10.7 Å². The largest absolute Gasteiger partial charge is 0.454 e. The van der Waals surface area contributed by atoms with E-state index in [2.05, 4.69) is 15.3 Å². The van der Waals surface area contributed by atoms with Crippen LogP contribution in [0.25, 0.3) is 11.0 Å². The quantitative estimate of drug-likeness (QED) is 0.532. The van der Waals surface area contributed by atoms with Gasteiger partial charge < -0.3 is 15.2 Å². The number of nitrogens with zero attached hydrogens (tertiary/aromatic N) is 4. The summed E-state index contributed by atoms with van der Waals surface area (Å²) in [6.07, 6.45) is -0.756. The minimum atomic E-state index is -0.756. The molecule has 1 atom stereocenters. The highest BCUT2D eigenvalue weighted by Gasteiger charge is 2.33. The van der Waals surface area contributed by atoms with Crippen LogP contribution in [-0.4, -0.2) is 27.2 Å². The third kappa shape index (κ3) is 1.98. The van der Waals surface area contributed by atoms with Crippen molar-refractivity contribution in [2.75, 3.05) is 12.1 Å². The van der Waals surface area contributed by atoms with E-state index >= 15 is 0 Å². The van der Waals surface area contributed by atoms with Gasteiger partial charge in [-0.05, 0) is 18.2 Å². The number of rotatable bonds is 2. The zero-order valence-corrected chi connectivity index (χ0v) is 13.2. The van der Waals surface area contributed by atoms with E-state index < -0.39 is 11.1 Å². The molecule has 2 aliphatic heterocycles. The number of anilines is 1. The number of fused-ring (bicyclic) bond motifs is 4. The van der Waals surface area contributed by atoms with Crippen LogP contribution in [0, 0.1) is 10.1 Å². The number of imidazole rings is 1. The SMILES string of the molecule is NC1=NC(c2cc3c(cc2[N+](=O)[O-])OCO3)n2c(nc3ccccc32)N1. The van der Waals surface area contributed by atoms with E-state index in [1.807, 2.05) is 24.3 Å². The highest BCUT2D eigenvalue weighted by atomic mass is 16.7. The van der Waals surface area contributed by atoms with E-state index in [1.165, 1.54) is 6.07 Å². The van der Waals surface area contributed by atoms with Gasteiger partial charge in [-0.2, -0.15) is 0 Å². The van der Waals surface area contributed by atoms with E-state index in [4.69, 9.17) is 15.2 Å². The molecule has 0 amide bonds. The van der Waals surface area contributed by atoms with Gasteiger partial charge in [0.2, 0.25) is 12.7 Å². The van der Waals surface area contributed by atoms with Gasteiger partial charge in [-0.3, -0.25) is 20.0 Å². The number of nitrogens with one attached hydrogen (secondary N) is 1. The maximum atomic E-state index is 11.6. The lowest BCUT2D eigenvalue weighted by Crippen LogP contribution is -2.31. The van der Waals surface area contributed by atoms with Crippen molar-refractivity contribution in [1.82, 2.24) is 9.55 Å². The van der Waals surface area contributed by atoms with Crippen molar-refractivity contribution >= 4 is 28.6 Å². The van der Waals surface area contributed by atoms with Gasteiger partial charge in [0.25, 0.3) is 5.69 Å². The molecule has 0 saturated carbocycles. The molecular weight excluding hydrogens is 340 g/mol. The summed E-state index contributed by atoms with van der Waals surface area (Å²) in [5, 5.41) is 14.6. The molecule has 0 bridgehead atoms. The number of nitrogens with two attached hydrogens (primary N) is 1. The Hall–Kier alpha value is -3.82. The molecule has 2 aromatic carbocycles. The predicted molar refractivity (Wildman–Crippen MR) is 92.3 cm³/mol. The number of aliphatic imine (C=N–C) groups is 1. The van der Waals surface area contributed by atoms with Crippen molar-refractivity contribution in [2.45, 2.75) is 6.17 Å². The maximum absolute atomic E-state index is 11.6. The summed E-state index contributed by atoms with van der Waals surface area (Å²) < 4.78 is 12.4. The summed E-state index contributed by atoms with van der Waals surface area (Å²) in [5.41, 5.74) is 7.63. The van der Waals surface area contributed by atoms with Crippen molar-refractivity contribution < 1.29 is 14.4 Å². The second kappa shape index (κ2) is 5.09. The lowest BCUT2D eigenvalue weighted by Gasteiger charge is -2.23. The van der Waals surface area contributed by atoms with Crippen LogP contribution in [0.5, 0.6) is 11.5 Å². The molecule has 0 aliphatic carbocycles. The predicted octanol–water partition coefficient (Wildman–Crippen LogP) is 1.96. The Bertz CT molecular complexity index is 1110. The summed E-state index contributed by atoms with van der Waals surface area (Å²) in [6.45, 7) is 0.0207. The number of hydrogen-bond acceptors (Lipinski definition) is 8. The lowest BCUT2D eigenvalue weighted by atomic mass is 10.1. The zero-order valence-electron chi connectivity index (χ0n) is 13.2. The minimum Gasteiger partial charge on any atom is -0.454 e. The van der Waals surface area contributed by atoms with Crippen LogP contribution in [0.2, 0.25) is 0 Å². The normalized spacial score (nSPS) is 17.5. The number of para-hydroxylation sites is 2. The summed E-state index contributed by atoms with van der Waals surface area (Å²) in [7, 11) is 0. The van der Waals surface area contributed by atoms with Crippen molar-refractivity contribution in [3.05, 3.63) is 52.1 Å². The first-order chi connectivity index (χ1) is 12.6. The van der Waals surface area contributed by atoms with Crippen molar-refractivity contribution in [3.8, 4) is 11.5 Å². The summed E-state index contributed by atoms with van der Waals surface area (Å²) in [4.78, 5) is 20.1. The molecule has 3 heterocycles. The number of benzene rings is 2. The molecule has 10 heteroatoms. The Morgan fingerprint density at radius 2 is 2.04 bits per heavy atom. The number of nitro groups is 1. The third-order valence-electron chi connectivity index (χ3n) is 4.34. The second-order valence-electron chi connectivity index (χ2n) is 5.83. The maximum Gasteiger partial charge on any atom is 0.280 e. The molecule has 0 saturated heterocycles. The van der Waals surface area contributed by atoms with Gasteiger partial charge in [-0.15, -0.1) is 0 Å². The summed E-state index contributed by atoms with van der Waals surface area (Å²) in [6, 6.07) is 10.4. The number of hydrogen-bond donors (Lipinski definition) is 2. The molecule has 0 radical (unpaired) electrons. The topological polar surface area (TPSA) is 130 Å². The second-order valence-corrected chi connectivity index (χ2v) is 5.83. The molecule has 1 unspecified atom stereocenters. The first-order valence-electron chi connectivity index (χ1n) is 7.77. The number of guanidine groups is 1. The molecule has 5 rings (SSSR count). The zero-order chi connectivity index (χ0) is 17.8. The monoisotopic (exact) mass is 352 g/mol. The summed E-state index contributed by atoms with van der Waals surface area (Å²) >= 11 is 0. The smallest absolute Gasteiger partial charge is 0.280 e. The number of nitro benzene ring substituents is 1. The van der Waals surface area contributed by atoms with Gasteiger partial charge in [0.05, 0.1) is 27.6 Å². The van der Waals surface area contributed by atoms with Crippen LogP contribution < -0.4 is 20.5 Å². The van der Waals surface area contributed by atoms with E-state index in [9.17, 15) is 10.1 Å². The summed E-state index contributed by atoms with van der Waals surface area (Å²) in [5.74, 6) is 1.37. The van der Waals surface area contributed by atoms with Crippen LogP contribution >= 0.6 is 0 Å². The van der Waals surface area contributed by atoms with Gasteiger partial charge >= 0.3 is 0 Å². The van der Waals surface area contributed by atoms with Crippen molar-refractivity contribution in [3.63, 3.8) is 0 Å². The fraction of sp³-hybridized carbons (Fsp3) is 0.125. The number of ether oxygens (including phenoxy) is 2. The van der Waals surface area contributed by atoms with Crippen molar-refractivity contribution in [1.29, 1.82) is 0 Å². The standard InChI is InChI=1S/C16H12N6O4/c17-15-19-14(21-10-4-2-1-3-9(10)18-16(21)20-15)8-5-12-13(26-7-25-12)6-11(8)22(23)24/h1-6,14H,7H2,(H3,17,18,19,20). The fourth-order valence-electron chi connectivity index (χ4n) is 3.24. The van der Waals surface area contributed by atoms with Gasteiger partial charge in [-0.25, -0.2) is 9.98 Å². The van der Waals surface area contributed by atoms with E-state index in [0.29, 0.717) is 23.0 Å². The molecule has 0 fully saturated rings. The van der Waals surface area contributed by atoms with Crippen LogP contribution in [0.4, 0.5) is 11.6 Å². The van der Waals surface area contributed by atoms with Crippen LogP contribution in [0.3, 0.4) is 0 Å². The molecule has 3 N–H and O–H groups in total. The van der Waals surface area contributed by atoms with E-state index in [0.717, 1.165) is 11.0 Å². The molecule has 0 spiro atoms.